The summed E-state index contributed by atoms with van der Waals surface area (Å²) in [7, 11) is 1.34. The lowest BCUT2D eigenvalue weighted by atomic mass is 10.1. The Morgan fingerprint density at radius 3 is 2.57 bits per heavy atom. The molecule has 0 radical (unpaired) electrons. The fourth-order valence-corrected chi connectivity index (χ4v) is 3.24. The van der Waals surface area contributed by atoms with Crippen LogP contribution in [-0.4, -0.2) is 62.3 Å². The van der Waals surface area contributed by atoms with Gasteiger partial charge in [0.2, 0.25) is 5.91 Å². The van der Waals surface area contributed by atoms with E-state index in [1.807, 2.05) is 30.9 Å². The summed E-state index contributed by atoms with van der Waals surface area (Å²) in [5, 5.41) is 5.06. The maximum atomic E-state index is 12.4. The molecule has 2 N–H and O–H groups in total. The van der Waals surface area contributed by atoms with Crippen molar-refractivity contribution in [2.24, 2.45) is 0 Å². The van der Waals surface area contributed by atoms with Crippen molar-refractivity contribution in [2.45, 2.75) is 39.2 Å². The van der Waals surface area contributed by atoms with E-state index in [-0.39, 0.29) is 25.0 Å². The second-order valence-electron chi connectivity index (χ2n) is 6.96. The zero-order chi connectivity index (χ0) is 20.5. The first-order chi connectivity index (χ1) is 13.4. The number of rotatable bonds is 7. The van der Waals surface area contributed by atoms with Crippen LogP contribution in [-0.2, 0) is 19.1 Å². The van der Waals surface area contributed by atoms with E-state index in [9.17, 15) is 14.4 Å². The van der Waals surface area contributed by atoms with Crippen molar-refractivity contribution >= 4 is 23.6 Å². The van der Waals surface area contributed by atoms with Crippen molar-refractivity contribution in [1.82, 2.24) is 10.2 Å². The first kappa shape index (κ1) is 21.8. The lowest BCUT2D eigenvalue weighted by Crippen LogP contribution is -2.47. The minimum Gasteiger partial charge on any atom is -0.469 e. The third-order valence-electron chi connectivity index (χ3n) is 4.77. The highest BCUT2D eigenvalue weighted by Gasteiger charge is 2.24. The van der Waals surface area contributed by atoms with Crippen LogP contribution in [0.5, 0.6) is 0 Å². The molecule has 0 atom stereocenters. The van der Waals surface area contributed by atoms with Gasteiger partial charge in [-0.1, -0.05) is 17.7 Å². The first-order valence-corrected chi connectivity index (χ1v) is 9.45. The molecule has 0 aliphatic carbocycles. The molecule has 1 heterocycles. The van der Waals surface area contributed by atoms with Crippen molar-refractivity contribution in [3.05, 3.63) is 29.3 Å². The van der Waals surface area contributed by atoms with Gasteiger partial charge in [0.05, 0.1) is 20.1 Å². The summed E-state index contributed by atoms with van der Waals surface area (Å²) in [6, 6.07) is 5.21. The van der Waals surface area contributed by atoms with Gasteiger partial charge in [0, 0.05) is 31.5 Å². The van der Waals surface area contributed by atoms with Gasteiger partial charge in [-0.05, 0) is 38.3 Å². The molecule has 3 amide bonds. The van der Waals surface area contributed by atoms with Gasteiger partial charge in [0.1, 0.15) is 0 Å². The third kappa shape index (κ3) is 6.94. The number of carbonyl (C=O) groups is 3. The van der Waals surface area contributed by atoms with Gasteiger partial charge in [-0.2, -0.15) is 0 Å². The zero-order valence-corrected chi connectivity index (χ0v) is 16.7. The summed E-state index contributed by atoms with van der Waals surface area (Å²) >= 11 is 0. The van der Waals surface area contributed by atoms with Crippen LogP contribution < -0.4 is 10.6 Å². The Labute approximate surface area is 165 Å². The first-order valence-electron chi connectivity index (χ1n) is 9.45. The normalized spacial score (nSPS) is 14.6. The van der Waals surface area contributed by atoms with Crippen LogP contribution in [0.4, 0.5) is 10.5 Å². The average Bonchev–Trinajstić information content (AvgIpc) is 2.67. The number of hydrogen-bond donors (Lipinski definition) is 2. The largest absolute Gasteiger partial charge is 0.469 e. The number of nitrogens with zero attached hydrogens (tertiary/aromatic N) is 1. The van der Waals surface area contributed by atoms with Gasteiger partial charge in [-0.15, -0.1) is 0 Å². The van der Waals surface area contributed by atoms with Crippen LogP contribution in [0.15, 0.2) is 18.2 Å². The third-order valence-corrected chi connectivity index (χ3v) is 4.77. The van der Waals surface area contributed by atoms with E-state index in [4.69, 9.17) is 4.74 Å². The molecule has 8 nitrogen and oxygen atoms in total. The number of anilines is 1. The van der Waals surface area contributed by atoms with Crippen molar-refractivity contribution < 1.29 is 23.9 Å². The number of ether oxygens (including phenoxy) is 2. The van der Waals surface area contributed by atoms with E-state index in [1.165, 1.54) is 7.11 Å². The molecule has 1 fully saturated rings. The fourth-order valence-electron chi connectivity index (χ4n) is 3.24. The number of imide groups is 1. The molecule has 1 aliphatic rings. The standard InChI is InChI=1S/C20H29N3O5/c1-14-4-5-17(15(2)12-14)21-20(26)22-18(24)13-23(9-6-19(25)27-3)16-7-10-28-11-8-16/h4-5,12,16H,6-11,13H2,1-3H3,(H2,21,22,24,26). The molecule has 0 unspecified atom stereocenters. The predicted molar refractivity (Wildman–Crippen MR) is 105 cm³/mol. The zero-order valence-electron chi connectivity index (χ0n) is 16.7. The van der Waals surface area contributed by atoms with Crippen LogP contribution in [0.1, 0.15) is 30.4 Å². The monoisotopic (exact) mass is 391 g/mol. The summed E-state index contributed by atoms with van der Waals surface area (Å²) in [5.41, 5.74) is 2.67. The van der Waals surface area contributed by atoms with Crippen LogP contribution in [0, 0.1) is 13.8 Å². The number of methoxy groups -OCH3 is 1. The second-order valence-corrected chi connectivity index (χ2v) is 6.96. The summed E-state index contributed by atoms with van der Waals surface area (Å²) in [6.45, 7) is 5.53. The van der Waals surface area contributed by atoms with Crippen LogP contribution in [0.3, 0.4) is 0 Å². The highest BCUT2D eigenvalue weighted by Crippen LogP contribution is 2.16. The number of hydrogen-bond acceptors (Lipinski definition) is 6. The number of urea groups is 1. The summed E-state index contributed by atoms with van der Waals surface area (Å²) < 4.78 is 10.1. The minimum absolute atomic E-state index is 0.0297. The highest BCUT2D eigenvalue weighted by atomic mass is 16.5. The summed E-state index contributed by atoms with van der Waals surface area (Å²) in [4.78, 5) is 38.0. The molecule has 1 aromatic carbocycles. The van der Waals surface area contributed by atoms with Crippen LogP contribution in [0.25, 0.3) is 0 Å². The molecule has 1 saturated heterocycles. The second kappa shape index (κ2) is 10.8. The van der Waals surface area contributed by atoms with Gasteiger partial charge in [0.25, 0.3) is 0 Å². The van der Waals surface area contributed by atoms with E-state index in [1.54, 1.807) is 6.07 Å². The Kier molecular flexibility index (Phi) is 8.41. The molecule has 154 valence electrons. The Morgan fingerprint density at radius 1 is 1.21 bits per heavy atom. The van der Waals surface area contributed by atoms with Gasteiger partial charge in [-0.3, -0.25) is 19.8 Å². The Bertz CT molecular complexity index is 701. The fraction of sp³-hybridized carbons (Fsp3) is 0.550. The topological polar surface area (TPSA) is 97.0 Å². The molecule has 2 rings (SSSR count). The average molecular weight is 391 g/mol. The molecule has 8 heteroatoms. The number of esters is 1. The van der Waals surface area contributed by atoms with Crippen molar-refractivity contribution in [2.75, 3.05) is 38.7 Å². The van der Waals surface area contributed by atoms with Gasteiger partial charge in [0.15, 0.2) is 0 Å². The van der Waals surface area contributed by atoms with Gasteiger partial charge >= 0.3 is 12.0 Å². The number of aryl methyl sites for hydroxylation is 2. The smallest absolute Gasteiger partial charge is 0.325 e. The Hall–Kier alpha value is -2.45. The number of carbonyl (C=O) groups excluding carboxylic acids is 3. The summed E-state index contributed by atoms with van der Waals surface area (Å²) in [5.74, 6) is -0.747. The molecule has 0 spiro atoms. The Balaban J connectivity index is 1.91. The van der Waals surface area contributed by atoms with Crippen molar-refractivity contribution in [3.63, 3.8) is 0 Å². The number of amides is 3. The van der Waals surface area contributed by atoms with Crippen LogP contribution in [0.2, 0.25) is 0 Å². The van der Waals surface area contributed by atoms with Gasteiger partial charge in [-0.25, -0.2) is 4.79 Å². The molecule has 0 saturated carbocycles. The maximum absolute atomic E-state index is 12.4. The minimum atomic E-state index is -0.572. The molecule has 28 heavy (non-hydrogen) atoms. The van der Waals surface area contributed by atoms with E-state index >= 15 is 0 Å². The van der Waals surface area contributed by atoms with E-state index in [0.29, 0.717) is 25.4 Å². The number of nitrogens with one attached hydrogen (secondary N) is 2. The predicted octanol–water partition coefficient (Wildman–Crippen LogP) is 2.00. The van der Waals surface area contributed by atoms with E-state index in [0.717, 1.165) is 24.0 Å². The van der Waals surface area contributed by atoms with Crippen molar-refractivity contribution in [1.29, 1.82) is 0 Å². The SMILES string of the molecule is COC(=O)CCN(CC(=O)NC(=O)Nc1ccc(C)cc1C)C1CCOCC1. The highest BCUT2D eigenvalue weighted by molar-refractivity contribution is 6.02. The molecule has 0 aromatic heterocycles. The van der Waals surface area contributed by atoms with E-state index in [2.05, 4.69) is 15.4 Å². The van der Waals surface area contributed by atoms with E-state index < -0.39 is 11.9 Å². The summed E-state index contributed by atoms with van der Waals surface area (Å²) in [6.07, 6.45) is 1.75. The molecule has 0 bridgehead atoms. The Morgan fingerprint density at radius 2 is 1.93 bits per heavy atom. The molecule has 1 aromatic rings. The number of benzene rings is 1. The lowest BCUT2D eigenvalue weighted by Gasteiger charge is -2.33. The molecule has 1 aliphatic heterocycles. The van der Waals surface area contributed by atoms with Gasteiger partial charge < -0.3 is 14.8 Å². The molecular weight excluding hydrogens is 362 g/mol. The quantitative estimate of drug-likeness (QED) is 0.690. The molecular formula is C20H29N3O5. The van der Waals surface area contributed by atoms with Crippen molar-refractivity contribution in [3.8, 4) is 0 Å². The maximum Gasteiger partial charge on any atom is 0.325 e. The lowest BCUT2D eigenvalue weighted by molar-refractivity contribution is -0.141. The van der Waals surface area contributed by atoms with Crippen LogP contribution >= 0.6 is 0 Å².